The highest BCUT2D eigenvalue weighted by Gasteiger charge is 2.19. The lowest BCUT2D eigenvalue weighted by atomic mass is 10.0. The van der Waals surface area contributed by atoms with E-state index in [4.69, 9.17) is 14.2 Å². The number of esters is 3. The van der Waals surface area contributed by atoms with E-state index in [9.17, 15) is 14.4 Å². The number of carbonyl (C=O) groups excluding carboxylic acids is 3. The van der Waals surface area contributed by atoms with Crippen molar-refractivity contribution in [3.05, 3.63) is 85.1 Å². The van der Waals surface area contributed by atoms with Crippen LogP contribution in [0.4, 0.5) is 0 Å². The predicted octanol–water partition coefficient (Wildman–Crippen LogP) is 18.4. The third kappa shape index (κ3) is 51.6. The molecule has 0 saturated carbocycles. The van der Waals surface area contributed by atoms with Gasteiger partial charge < -0.3 is 14.2 Å². The van der Waals surface area contributed by atoms with E-state index in [-0.39, 0.29) is 31.1 Å². The van der Waals surface area contributed by atoms with Gasteiger partial charge in [0, 0.05) is 19.3 Å². The van der Waals surface area contributed by atoms with Crippen LogP contribution in [-0.2, 0) is 28.6 Å². The predicted molar refractivity (Wildman–Crippen MR) is 284 cm³/mol. The van der Waals surface area contributed by atoms with Crippen molar-refractivity contribution in [3.8, 4) is 0 Å². The van der Waals surface area contributed by atoms with Crippen LogP contribution in [0.15, 0.2) is 85.1 Å². The second-order valence-corrected chi connectivity index (χ2v) is 18.1. The summed E-state index contributed by atoms with van der Waals surface area (Å²) in [6, 6.07) is 0. The van der Waals surface area contributed by atoms with E-state index >= 15 is 0 Å². The summed E-state index contributed by atoms with van der Waals surface area (Å²) < 4.78 is 16.8. The first-order valence-corrected chi connectivity index (χ1v) is 27.6. The van der Waals surface area contributed by atoms with Crippen LogP contribution in [0, 0.1) is 0 Å². The Morgan fingerprint density at radius 1 is 0.318 bits per heavy atom. The molecule has 0 saturated heterocycles. The third-order valence-corrected chi connectivity index (χ3v) is 11.6. The molecule has 6 nitrogen and oxygen atoms in total. The molecule has 6 heteroatoms. The van der Waals surface area contributed by atoms with Gasteiger partial charge in [-0.05, 0) is 96.3 Å². The fourth-order valence-corrected chi connectivity index (χ4v) is 7.50. The van der Waals surface area contributed by atoms with Gasteiger partial charge in [-0.2, -0.15) is 0 Å². The molecule has 0 radical (unpaired) electrons. The quantitative estimate of drug-likeness (QED) is 0.0262. The third-order valence-electron chi connectivity index (χ3n) is 11.6. The van der Waals surface area contributed by atoms with Crippen molar-refractivity contribution in [2.45, 2.75) is 264 Å². The minimum atomic E-state index is -0.794. The first-order valence-electron chi connectivity index (χ1n) is 27.6. The maximum Gasteiger partial charge on any atom is 0.306 e. The number of ether oxygens (including phenoxy) is 3. The molecule has 0 N–H and O–H groups in total. The minimum absolute atomic E-state index is 0.0896. The molecule has 66 heavy (non-hydrogen) atoms. The zero-order valence-electron chi connectivity index (χ0n) is 43.2. The molecule has 0 spiro atoms. The Bertz CT molecular complexity index is 1290. The zero-order valence-corrected chi connectivity index (χ0v) is 43.2. The second kappa shape index (κ2) is 54.2. The van der Waals surface area contributed by atoms with Crippen molar-refractivity contribution in [3.63, 3.8) is 0 Å². The Morgan fingerprint density at radius 2 is 0.591 bits per heavy atom. The highest BCUT2D eigenvalue weighted by atomic mass is 16.6. The highest BCUT2D eigenvalue weighted by Crippen LogP contribution is 2.15. The van der Waals surface area contributed by atoms with Crippen molar-refractivity contribution in [1.29, 1.82) is 0 Å². The van der Waals surface area contributed by atoms with Crippen LogP contribution in [0.3, 0.4) is 0 Å². The van der Waals surface area contributed by atoms with Crippen LogP contribution in [0.2, 0.25) is 0 Å². The molecule has 0 rings (SSSR count). The summed E-state index contributed by atoms with van der Waals surface area (Å²) in [5.41, 5.74) is 0. The van der Waals surface area contributed by atoms with Crippen LogP contribution in [0.5, 0.6) is 0 Å². The number of unbranched alkanes of at least 4 members (excludes halogenated alkanes) is 24. The van der Waals surface area contributed by atoms with Gasteiger partial charge in [0.15, 0.2) is 6.10 Å². The number of hydrogen-bond acceptors (Lipinski definition) is 6. The van der Waals surface area contributed by atoms with E-state index in [1.54, 1.807) is 0 Å². The number of allylic oxidation sites excluding steroid dienone is 14. The van der Waals surface area contributed by atoms with Crippen LogP contribution in [0.25, 0.3) is 0 Å². The molecular formula is C60H102O6. The molecule has 0 aliphatic carbocycles. The molecule has 0 heterocycles. The normalized spacial score (nSPS) is 12.7. The van der Waals surface area contributed by atoms with Gasteiger partial charge in [-0.1, -0.05) is 228 Å². The Labute approximate surface area is 407 Å². The SMILES string of the molecule is CC/C=C\C/C=C\C/C=C\C/C=C\CCCCCCC(=O)OC(COC(=O)CCCCCCCC/C=C\C/C=C\C/C=C\CCCCC)COC(=O)CCCCCCCCCCCCCC. The summed E-state index contributed by atoms with van der Waals surface area (Å²) >= 11 is 0. The fourth-order valence-electron chi connectivity index (χ4n) is 7.50. The molecule has 0 aromatic heterocycles. The van der Waals surface area contributed by atoms with Crippen molar-refractivity contribution >= 4 is 17.9 Å². The van der Waals surface area contributed by atoms with Crippen molar-refractivity contribution < 1.29 is 28.6 Å². The van der Waals surface area contributed by atoms with E-state index in [0.29, 0.717) is 19.3 Å². The van der Waals surface area contributed by atoms with Crippen LogP contribution < -0.4 is 0 Å². The minimum Gasteiger partial charge on any atom is -0.462 e. The molecule has 0 amide bonds. The molecule has 0 bridgehead atoms. The first kappa shape index (κ1) is 62.6. The topological polar surface area (TPSA) is 78.9 Å². The smallest absolute Gasteiger partial charge is 0.306 e. The van der Waals surface area contributed by atoms with E-state index in [1.807, 2.05) is 0 Å². The summed E-state index contributed by atoms with van der Waals surface area (Å²) in [5.74, 6) is -0.923. The van der Waals surface area contributed by atoms with Gasteiger partial charge in [0.25, 0.3) is 0 Å². The molecule has 378 valence electrons. The van der Waals surface area contributed by atoms with Gasteiger partial charge in [-0.3, -0.25) is 14.4 Å². The van der Waals surface area contributed by atoms with Gasteiger partial charge in [-0.15, -0.1) is 0 Å². The monoisotopic (exact) mass is 919 g/mol. The Hall–Kier alpha value is -3.41. The molecule has 0 aliphatic rings. The number of rotatable bonds is 49. The first-order chi connectivity index (χ1) is 32.5. The van der Waals surface area contributed by atoms with Crippen molar-refractivity contribution in [2.24, 2.45) is 0 Å². The number of hydrogen-bond donors (Lipinski definition) is 0. The summed E-state index contributed by atoms with van der Waals surface area (Å²) in [6.45, 7) is 6.47. The maximum absolute atomic E-state index is 12.8. The van der Waals surface area contributed by atoms with Gasteiger partial charge in [-0.25, -0.2) is 0 Å². The van der Waals surface area contributed by atoms with E-state index in [0.717, 1.165) is 116 Å². The average molecular weight is 919 g/mol. The molecule has 0 aromatic rings. The molecular weight excluding hydrogens is 817 g/mol. The molecule has 1 atom stereocenters. The second-order valence-electron chi connectivity index (χ2n) is 18.1. The summed E-state index contributed by atoms with van der Waals surface area (Å²) in [4.78, 5) is 38.1. The summed E-state index contributed by atoms with van der Waals surface area (Å²) in [6.07, 6.45) is 69.9. The summed E-state index contributed by atoms with van der Waals surface area (Å²) in [5, 5.41) is 0. The molecule has 1 unspecified atom stereocenters. The van der Waals surface area contributed by atoms with Crippen LogP contribution in [-0.4, -0.2) is 37.2 Å². The zero-order chi connectivity index (χ0) is 47.9. The lowest BCUT2D eigenvalue weighted by molar-refractivity contribution is -0.167. The van der Waals surface area contributed by atoms with E-state index in [2.05, 4.69) is 106 Å². The van der Waals surface area contributed by atoms with E-state index < -0.39 is 6.10 Å². The lowest BCUT2D eigenvalue weighted by Gasteiger charge is -2.18. The Morgan fingerprint density at radius 3 is 0.955 bits per heavy atom. The lowest BCUT2D eigenvalue weighted by Crippen LogP contribution is -2.30. The maximum atomic E-state index is 12.8. The van der Waals surface area contributed by atoms with E-state index in [1.165, 1.54) is 103 Å². The number of carbonyl (C=O) groups is 3. The van der Waals surface area contributed by atoms with Crippen molar-refractivity contribution in [2.75, 3.05) is 13.2 Å². The van der Waals surface area contributed by atoms with Gasteiger partial charge in [0.2, 0.25) is 0 Å². The standard InChI is InChI=1S/C60H102O6/c1-4-7-10-13-16-19-22-25-27-29-30-32-33-35-38-41-44-47-50-53-59(62)65-56-57(55-64-58(61)52-49-46-43-40-37-24-21-18-15-12-9-6-3)66-60(63)54-51-48-45-42-39-36-34-31-28-26-23-20-17-14-11-8-5-2/h8,11,16-17,19-20,25-28,30,32,34,36,57H,4-7,9-10,12-15,18,21-24,29,31,33,35,37-56H2,1-3H3/b11-8-,19-16-,20-17-,27-25-,28-26-,32-30-,36-34-. The average Bonchev–Trinajstić information content (AvgIpc) is 3.31. The Balaban J connectivity index is 4.43. The van der Waals surface area contributed by atoms with Gasteiger partial charge >= 0.3 is 17.9 Å². The van der Waals surface area contributed by atoms with Crippen LogP contribution in [0.1, 0.15) is 258 Å². The fraction of sp³-hybridized carbons (Fsp3) is 0.717. The van der Waals surface area contributed by atoms with Gasteiger partial charge in [0.05, 0.1) is 0 Å². The molecule has 0 aromatic carbocycles. The van der Waals surface area contributed by atoms with Crippen LogP contribution >= 0.6 is 0 Å². The molecule has 0 fully saturated rings. The molecule has 0 aliphatic heterocycles. The highest BCUT2D eigenvalue weighted by molar-refractivity contribution is 5.71. The Kier molecular flexibility index (Phi) is 51.4. The van der Waals surface area contributed by atoms with Crippen molar-refractivity contribution in [1.82, 2.24) is 0 Å². The largest absolute Gasteiger partial charge is 0.462 e. The van der Waals surface area contributed by atoms with Gasteiger partial charge in [0.1, 0.15) is 13.2 Å². The summed E-state index contributed by atoms with van der Waals surface area (Å²) in [7, 11) is 0.